The van der Waals surface area contributed by atoms with Crippen LogP contribution in [0, 0.1) is 0 Å². The molecule has 0 unspecified atom stereocenters. The van der Waals surface area contributed by atoms with Gasteiger partial charge in [0.25, 0.3) is 0 Å². The summed E-state index contributed by atoms with van der Waals surface area (Å²) in [5, 5.41) is 5.58. The Bertz CT molecular complexity index is 438. The molecule has 0 aliphatic rings. The van der Waals surface area contributed by atoms with Crippen molar-refractivity contribution in [3.05, 3.63) is 29.8 Å². The van der Waals surface area contributed by atoms with Gasteiger partial charge in [-0.3, -0.25) is 9.59 Å². The fourth-order valence-electron chi connectivity index (χ4n) is 1.42. The first kappa shape index (κ1) is 15.5. The zero-order valence-corrected chi connectivity index (χ0v) is 11.9. The standard InChI is InChI=1S/C13H18N2O3S/c1-14-7-12(16)15-11-5-3-4-10(6-11)8-19-9-13(17)18-2/h3-6,14H,7-9H2,1-2H3,(H,15,16). The van der Waals surface area contributed by atoms with Gasteiger partial charge in [0, 0.05) is 11.4 Å². The zero-order chi connectivity index (χ0) is 14.1. The van der Waals surface area contributed by atoms with Crippen LogP contribution < -0.4 is 10.6 Å². The second-order valence-corrected chi connectivity index (χ2v) is 4.83. The van der Waals surface area contributed by atoms with E-state index in [0.717, 1.165) is 11.3 Å². The molecule has 6 heteroatoms. The van der Waals surface area contributed by atoms with Gasteiger partial charge in [0.05, 0.1) is 19.4 Å². The summed E-state index contributed by atoms with van der Waals surface area (Å²) >= 11 is 1.48. The number of carbonyl (C=O) groups is 2. The first-order valence-electron chi connectivity index (χ1n) is 5.83. The molecule has 0 atom stereocenters. The van der Waals surface area contributed by atoms with Crippen LogP contribution in [0.25, 0.3) is 0 Å². The predicted octanol–water partition coefficient (Wildman–Crippen LogP) is 1.25. The van der Waals surface area contributed by atoms with Gasteiger partial charge in [-0.15, -0.1) is 11.8 Å². The average molecular weight is 282 g/mol. The summed E-state index contributed by atoms with van der Waals surface area (Å²) in [5.41, 5.74) is 1.81. The number of amides is 1. The monoisotopic (exact) mass is 282 g/mol. The Hall–Kier alpha value is -1.53. The molecule has 0 bridgehead atoms. The summed E-state index contributed by atoms with van der Waals surface area (Å²) in [5.74, 6) is 0.711. The summed E-state index contributed by atoms with van der Waals surface area (Å²) in [6, 6.07) is 7.57. The van der Waals surface area contributed by atoms with Crippen LogP contribution in [0.1, 0.15) is 5.56 Å². The molecular weight excluding hydrogens is 264 g/mol. The van der Waals surface area contributed by atoms with Gasteiger partial charge in [0.1, 0.15) is 0 Å². The molecule has 0 saturated carbocycles. The molecule has 19 heavy (non-hydrogen) atoms. The van der Waals surface area contributed by atoms with Gasteiger partial charge in [-0.1, -0.05) is 12.1 Å². The lowest BCUT2D eigenvalue weighted by Gasteiger charge is -2.07. The van der Waals surface area contributed by atoms with Crippen molar-refractivity contribution in [2.75, 3.05) is 31.8 Å². The SMILES string of the molecule is CNCC(=O)Nc1cccc(CSCC(=O)OC)c1. The zero-order valence-electron chi connectivity index (χ0n) is 11.1. The van der Waals surface area contributed by atoms with Gasteiger partial charge in [-0.05, 0) is 24.7 Å². The molecule has 0 aliphatic heterocycles. The van der Waals surface area contributed by atoms with Crippen LogP contribution in [0.4, 0.5) is 5.69 Å². The number of ether oxygens (including phenoxy) is 1. The van der Waals surface area contributed by atoms with Crippen molar-refractivity contribution in [2.45, 2.75) is 5.75 Å². The molecule has 5 nitrogen and oxygen atoms in total. The molecule has 0 saturated heterocycles. The van der Waals surface area contributed by atoms with Gasteiger partial charge in [0.2, 0.25) is 5.91 Å². The van der Waals surface area contributed by atoms with Gasteiger partial charge >= 0.3 is 5.97 Å². The number of thioether (sulfide) groups is 1. The van der Waals surface area contributed by atoms with E-state index in [9.17, 15) is 9.59 Å². The highest BCUT2D eigenvalue weighted by molar-refractivity contribution is 7.99. The largest absolute Gasteiger partial charge is 0.468 e. The Labute approximate surface area is 117 Å². The Morgan fingerprint density at radius 3 is 2.84 bits per heavy atom. The predicted molar refractivity (Wildman–Crippen MR) is 77.2 cm³/mol. The Kier molecular flexibility index (Phi) is 6.99. The van der Waals surface area contributed by atoms with E-state index in [-0.39, 0.29) is 18.4 Å². The van der Waals surface area contributed by atoms with Gasteiger partial charge in [-0.2, -0.15) is 0 Å². The second-order valence-electron chi connectivity index (χ2n) is 3.85. The Morgan fingerprint density at radius 2 is 2.16 bits per heavy atom. The van der Waals surface area contributed by atoms with Crippen LogP contribution in [-0.2, 0) is 20.1 Å². The highest BCUT2D eigenvalue weighted by atomic mass is 32.2. The number of hydrogen-bond donors (Lipinski definition) is 2. The molecule has 1 amide bonds. The molecule has 0 spiro atoms. The van der Waals surface area contributed by atoms with Crippen LogP contribution in [-0.4, -0.2) is 38.3 Å². The molecule has 2 N–H and O–H groups in total. The van der Waals surface area contributed by atoms with Crippen LogP contribution in [0.2, 0.25) is 0 Å². The highest BCUT2D eigenvalue weighted by Crippen LogP contribution is 2.16. The Balaban J connectivity index is 2.47. The molecule has 0 aromatic heterocycles. The minimum atomic E-state index is -0.233. The number of nitrogens with one attached hydrogen (secondary N) is 2. The van der Waals surface area contributed by atoms with Crippen LogP contribution in [0.5, 0.6) is 0 Å². The molecule has 1 aromatic carbocycles. The van der Waals surface area contributed by atoms with E-state index in [0.29, 0.717) is 11.5 Å². The number of likely N-dealkylation sites (N-methyl/N-ethyl adjacent to an activating group) is 1. The molecular formula is C13H18N2O3S. The number of benzene rings is 1. The molecule has 1 rings (SSSR count). The molecule has 0 aliphatic carbocycles. The quantitative estimate of drug-likeness (QED) is 0.737. The number of esters is 1. The minimum Gasteiger partial charge on any atom is -0.468 e. The van der Waals surface area contributed by atoms with Crippen LogP contribution in [0.3, 0.4) is 0 Å². The van der Waals surface area contributed by atoms with Crippen LogP contribution in [0.15, 0.2) is 24.3 Å². The Morgan fingerprint density at radius 1 is 1.37 bits per heavy atom. The van der Waals surface area contributed by atoms with Gasteiger partial charge in [-0.25, -0.2) is 0 Å². The molecule has 0 fully saturated rings. The van der Waals surface area contributed by atoms with E-state index in [1.165, 1.54) is 18.9 Å². The summed E-state index contributed by atoms with van der Waals surface area (Å²) in [4.78, 5) is 22.4. The van der Waals surface area contributed by atoms with Crippen molar-refractivity contribution in [3.63, 3.8) is 0 Å². The maximum atomic E-state index is 11.4. The highest BCUT2D eigenvalue weighted by Gasteiger charge is 2.03. The second kappa shape index (κ2) is 8.55. The van der Waals surface area contributed by atoms with Crippen molar-refractivity contribution in [1.29, 1.82) is 0 Å². The molecule has 104 valence electrons. The van der Waals surface area contributed by atoms with E-state index < -0.39 is 0 Å². The van der Waals surface area contributed by atoms with E-state index in [1.54, 1.807) is 7.05 Å². The molecule has 1 aromatic rings. The van der Waals surface area contributed by atoms with Crippen LogP contribution >= 0.6 is 11.8 Å². The molecule has 0 radical (unpaired) electrons. The van der Waals surface area contributed by atoms with E-state index in [4.69, 9.17) is 0 Å². The van der Waals surface area contributed by atoms with E-state index in [1.807, 2.05) is 24.3 Å². The third-order valence-corrected chi connectivity index (χ3v) is 3.24. The third-order valence-electron chi connectivity index (χ3n) is 2.26. The number of methoxy groups -OCH3 is 1. The van der Waals surface area contributed by atoms with Crippen molar-refractivity contribution >= 4 is 29.3 Å². The number of anilines is 1. The lowest BCUT2D eigenvalue weighted by atomic mass is 10.2. The average Bonchev–Trinajstić information content (AvgIpc) is 2.39. The first-order valence-corrected chi connectivity index (χ1v) is 6.99. The summed E-state index contributed by atoms with van der Waals surface area (Å²) in [6.45, 7) is 0.279. The summed E-state index contributed by atoms with van der Waals surface area (Å²) in [7, 11) is 3.10. The smallest absolute Gasteiger partial charge is 0.315 e. The first-order chi connectivity index (χ1) is 9.15. The van der Waals surface area contributed by atoms with Crippen molar-refractivity contribution in [2.24, 2.45) is 0 Å². The van der Waals surface area contributed by atoms with Crippen molar-refractivity contribution < 1.29 is 14.3 Å². The normalized spacial score (nSPS) is 10.0. The number of hydrogen-bond acceptors (Lipinski definition) is 5. The summed E-state index contributed by atoms with van der Waals surface area (Å²) in [6.07, 6.45) is 0. The van der Waals surface area contributed by atoms with Crippen molar-refractivity contribution in [1.82, 2.24) is 5.32 Å². The number of carbonyl (C=O) groups excluding carboxylic acids is 2. The topological polar surface area (TPSA) is 67.4 Å². The lowest BCUT2D eigenvalue weighted by Crippen LogP contribution is -2.25. The summed E-state index contributed by atoms with van der Waals surface area (Å²) < 4.78 is 4.57. The van der Waals surface area contributed by atoms with Gasteiger partial charge < -0.3 is 15.4 Å². The van der Waals surface area contributed by atoms with E-state index in [2.05, 4.69) is 15.4 Å². The maximum absolute atomic E-state index is 11.4. The third kappa shape index (κ3) is 6.26. The lowest BCUT2D eigenvalue weighted by molar-refractivity contribution is -0.137. The maximum Gasteiger partial charge on any atom is 0.315 e. The fourth-order valence-corrected chi connectivity index (χ4v) is 2.22. The van der Waals surface area contributed by atoms with Crippen molar-refractivity contribution in [3.8, 4) is 0 Å². The molecule has 0 heterocycles. The fraction of sp³-hybridized carbons (Fsp3) is 0.385. The number of rotatable bonds is 7. The van der Waals surface area contributed by atoms with Gasteiger partial charge in [0.15, 0.2) is 0 Å². The van der Waals surface area contributed by atoms with E-state index >= 15 is 0 Å². The minimum absolute atomic E-state index is 0.0816.